The molecule has 0 saturated heterocycles. The van der Waals surface area contributed by atoms with Gasteiger partial charge < -0.3 is 0 Å². The van der Waals surface area contributed by atoms with Gasteiger partial charge in [-0.05, 0) is 24.5 Å². The number of rotatable bonds is 4. The number of thiophene rings is 1. The molecule has 0 saturated carbocycles. The third kappa shape index (κ3) is 2.41. The van der Waals surface area contributed by atoms with Gasteiger partial charge >= 0.3 is 0 Å². The summed E-state index contributed by atoms with van der Waals surface area (Å²) in [4.78, 5) is 13.6. The van der Waals surface area contributed by atoms with E-state index in [9.17, 15) is 4.79 Å². The number of hydrogen-bond donors (Lipinski definition) is 0. The molecule has 72 valence electrons. The van der Waals surface area contributed by atoms with Crippen LogP contribution >= 0.6 is 11.3 Å². The molecule has 1 atom stereocenters. The van der Waals surface area contributed by atoms with E-state index < -0.39 is 0 Å². The van der Waals surface area contributed by atoms with Crippen LogP contribution in [0.15, 0.2) is 12.1 Å². The fourth-order valence-electron chi connectivity index (χ4n) is 1.14. The van der Waals surface area contributed by atoms with Crippen molar-refractivity contribution in [1.29, 1.82) is 0 Å². The van der Waals surface area contributed by atoms with Crippen molar-refractivity contribution >= 4 is 17.1 Å². The molecule has 0 radical (unpaired) electrons. The standard InChI is InChI=1S/C11H16OS/c1-4-8(3)10-6-7-11(13-10)9(12)5-2/h6-8H,4-5H2,1-3H3. The van der Waals surface area contributed by atoms with Crippen molar-refractivity contribution in [1.82, 2.24) is 0 Å². The van der Waals surface area contributed by atoms with Gasteiger partial charge in [0.25, 0.3) is 0 Å². The molecule has 0 aliphatic rings. The molecule has 0 aromatic carbocycles. The summed E-state index contributed by atoms with van der Waals surface area (Å²) in [5.41, 5.74) is 0. The number of carbonyl (C=O) groups is 1. The van der Waals surface area contributed by atoms with E-state index in [4.69, 9.17) is 0 Å². The molecular formula is C11H16OS. The number of Topliss-reactive ketones (excluding diaryl/α,β-unsaturated/α-hetero) is 1. The minimum atomic E-state index is 0.263. The third-order valence-electron chi connectivity index (χ3n) is 2.32. The van der Waals surface area contributed by atoms with Gasteiger partial charge in [0, 0.05) is 11.3 Å². The molecule has 1 unspecified atom stereocenters. The Hall–Kier alpha value is -0.630. The lowest BCUT2D eigenvalue weighted by molar-refractivity contribution is 0.0992. The topological polar surface area (TPSA) is 17.1 Å². The first-order valence-electron chi connectivity index (χ1n) is 4.82. The first kappa shape index (κ1) is 10.5. The fraction of sp³-hybridized carbons (Fsp3) is 0.545. The minimum absolute atomic E-state index is 0.263. The molecular weight excluding hydrogens is 180 g/mol. The fourth-order valence-corrected chi connectivity index (χ4v) is 2.30. The molecule has 0 fully saturated rings. The summed E-state index contributed by atoms with van der Waals surface area (Å²) in [7, 11) is 0. The van der Waals surface area contributed by atoms with Gasteiger partial charge in [-0.15, -0.1) is 11.3 Å². The van der Waals surface area contributed by atoms with E-state index in [0.717, 1.165) is 11.3 Å². The average molecular weight is 196 g/mol. The van der Waals surface area contributed by atoms with E-state index in [2.05, 4.69) is 19.9 Å². The average Bonchev–Trinajstić information content (AvgIpc) is 2.64. The second-order valence-corrected chi connectivity index (χ2v) is 4.40. The Labute approximate surface area is 83.8 Å². The van der Waals surface area contributed by atoms with Gasteiger partial charge in [-0.2, -0.15) is 0 Å². The first-order chi connectivity index (χ1) is 6.19. The van der Waals surface area contributed by atoms with Gasteiger partial charge in [-0.1, -0.05) is 20.8 Å². The highest BCUT2D eigenvalue weighted by Crippen LogP contribution is 2.27. The van der Waals surface area contributed by atoms with Crippen LogP contribution in [0.3, 0.4) is 0 Å². The highest BCUT2D eigenvalue weighted by Gasteiger charge is 2.10. The zero-order valence-electron chi connectivity index (χ0n) is 8.46. The number of hydrogen-bond acceptors (Lipinski definition) is 2. The van der Waals surface area contributed by atoms with E-state index in [0.29, 0.717) is 12.3 Å². The van der Waals surface area contributed by atoms with Crippen LogP contribution in [0.2, 0.25) is 0 Å². The highest BCUT2D eigenvalue weighted by atomic mass is 32.1. The molecule has 1 rings (SSSR count). The zero-order valence-corrected chi connectivity index (χ0v) is 9.28. The Kier molecular flexibility index (Phi) is 3.67. The third-order valence-corrected chi connectivity index (χ3v) is 3.68. The van der Waals surface area contributed by atoms with Crippen molar-refractivity contribution in [2.45, 2.75) is 39.5 Å². The summed E-state index contributed by atoms with van der Waals surface area (Å²) in [6.07, 6.45) is 1.75. The van der Waals surface area contributed by atoms with Crippen molar-refractivity contribution in [2.24, 2.45) is 0 Å². The zero-order chi connectivity index (χ0) is 9.84. The second kappa shape index (κ2) is 4.56. The molecule has 1 nitrogen and oxygen atoms in total. The summed E-state index contributed by atoms with van der Waals surface area (Å²) in [5.74, 6) is 0.850. The summed E-state index contributed by atoms with van der Waals surface area (Å²) >= 11 is 1.65. The van der Waals surface area contributed by atoms with Gasteiger partial charge in [0.05, 0.1) is 4.88 Å². The molecule has 1 aromatic heterocycles. The maximum Gasteiger partial charge on any atom is 0.172 e. The molecule has 0 bridgehead atoms. The molecule has 2 heteroatoms. The van der Waals surface area contributed by atoms with Gasteiger partial charge in [-0.3, -0.25) is 4.79 Å². The van der Waals surface area contributed by atoms with Crippen molar-refractivity contribution in [2.75, 3.05) is 0 Å². The molecule has 0 amide bonds. The normalized spacial score (nSPS) is 12.8. The Morgan fingerprint density at radius 2 is 2.15 bits per heavy atom. The van der Waals surface area contributed by atoms with Crippen LogP contribution < -0.4 is 0 Å². The molecule has 0 N–H and O–H groups in total. The summed E-state index contributed by atoms with van der Waals surface area (Å²) in [6.45, 7) is 6.28. The molecule has 1 heterocycles. The van der Waals surface area contributed by atoms with Crippen molar-refractivity contribution in [3.05, 3.63) is 21.9 Å². The SMILES string of the molecule is CCC(=O)c1ccc(C(C)CC)s1. The van der Waals surface area contributed by atoms with Crippen LogP contribution in [0, 0.1) is 0 Å². The molecule has 0 spiro atoms. The second-order valence-electron chi connectivity index (χ2n) is 3.29. The van der Waals surface area contributed by atoms with Gasteiger partial charge in [-0.25, -0.2) is 0 Å². The van der Waals surface area contributed by atoms with E-state index in [1.165, 1.54) is 4.88 Å². The summed E-state index contributed by atoms with van der Waals surface area (Å²) in [6, 6.07) is 4.04. The lowest BCUT2D eigenvalue weighted by Gasteiger charge is -2.02. The lowest BCUT2D eigenvalue weighted by Crippen LogP contribution is -1.91. The van der Waals surface area contributed by atoms with Crippen molar-refractivity contribution in [3.63, 3.8) is 0 Å². The smallest absolute Gasteiger partial charge is 0.172 e. The van der Waals surface area contributed by atoms with E-state index in [1.54, 1.807) is 11.3 Å². The Balaban J connectivity index is 2.80. The monoisotopic (exact) mass is 196 g/mol. The van der Waals surface area contributed by atoms with Crippen molar-refractivity contribution < 1.29 is 4.79 Å². The van der Waals surface area contributed by atoms with Crippen molar-refractivity contribution in [3.8, 4) is 0 Å². The Morgan fingerprint density at radius 1 is 1.46 bits per heavy atom. The van der Waals surface area contributed by atoms with E-state index >= 15 is 0 Å². The maximum absolute atomic E-state index is 11.3. The number of ketones is 1. The Morgan fingerprint density at radius 3 is 2.69 bits per heavy atom. The highest BCUT2D eigenvalue weighted by molar-refractivity contribution is 7.14. The van der Waals surface area contributed by atoms with E-state index in [1.807, 2.05) is 13.0 Å². The van der Waals surface area contributed by atoms with Gasteiger partial charge in [0.1, 0.15) is 0 Å². The molecule has 0 aliphatic heterocycles. The van der Waals surface area contributed by atoms with Crippen LogP contribution in [-0.4, -0.2) is 5.78 Å². The summed E-state index contributed by atoms with van der Waals surface area (Å²) in [5, 5.41) is 0. The largest absolute Gasteiger partial charge is 0.293 e. The first-order valence-corrected chi connectivity index (χ1v) is 5.63. The molecule has 1 aromatic rings. The predicted octanol–water partition coefficient (Wildman–Crippen LogP) is 3.85. The Bertz CT molecular complexity index is 288. The van der Waals surface area contributed by atoms with Crippen LogP contribution in [0.25, 0.3) is 0 Å². The minimum Gasteiger partial charge on any atom is -0.293 e. The predicted molar refractivity (Wildman–Crippen MR) is 57.6 cm³/mol. The summed E-state index contributed by atoms with van der Waals surface area (Å²) < 4.78 is 0. The molecule has 13 heavy (non-hydrogen) atoms. The van der Waals surface area contributed by atoms with E-state index in [-0.39, 0.29) is 5.78 Å². The van der Waals surface area contributed by atoms with Crippen LogP contribution in [0.5, 0.6) is 0 Å². The lowest BCUT2D eigenvalue weighted by atomic mass is 10.1. The maximum atomic E-state index is 11.3. The van der Waals surface area contributed by atoms with Gasteiger partial charge in [0.15, 0.2) is 5.78 Å². The van der Waals surface area contributed by atoms with Crippen LogP contribution in [0.1, 0.15) is 54.1 Å². The molecule has 0 aliphatic carbocycles. The van der Waals surface area contributed by atoms with Gasteiger partial charge in [0.2, 0.25) is 0 Å². The number of carbonyl (C=O) groups excluding carboxylic acids is 1. The van der Waals surface area contributed by atoms with Crippen LogP contribution in [0.4, 0.5) is 0 Å². The van der Waals surface area contributed by atoms with Crippen LogP contribution in [-0.2, 0) is 0 Å². The quantitative estimate of drug-likeness (QED) is 0.668.